The SMILES string of the molecule is CNC(=O)NC(C(=O)N1CC=C[C@H]1c1nc(-c2ccc(-c3ccc(-c4c[nH]c([C@@H]5CCCN5C(=O)[C@@H](NC(=O)NC)C(C)C)n4)cc3)cc2)c[nH]1)C(C)C. The monoisotopic (exact) mass is 734 g/mol. The van der Waals surface area contributed by atoms with E-state index in [1.807, 2.05) is 81.4 Å². The van der Waals surface area contributed by atoms with Gasteiger partial charge in [-0.2, -0.15) is 0 Å². The standard InChI is InChI=1S/C40H50N10O4/c1-23(2)33(47-39(53)41-5)37(51)49-19-7-9-31(49)35-43-21-29(45-35)27-15-11-25(12-16-27)26-13-17-28(18-14-26)30-22-44-36(46-30)32-10-8-20-50(32)38(52)34(24(3)4)48-40(54)42-6/h7,9,11-18,21-24,31-34H,8,10,19-20H2,1-6H3,(H,43,45)(H,44,46)(H2,41,47,53)(H2,42,48,54)/t31-,32-,33?,34-/m0/s1. The van der Waals surface area contributed by atoms with Crippen LogP contribution in [0.3, 0.4) is 0 Å². The topological polar surface area (TPSA) is 180 Å². The van der Waals surface area contributed by atoms with Gasteiger partial charge in [0, 0.05) is 50.7 Å². The Labute approximate surface area is 315 Å². The number of likely N-dealkylation sites (tertiary alicyclic amines) is 1. The highest BCUT2D eigenvalue weighted by molar-refractivity contribution is 5.88. The number of carbonyl (C=O) groups excluding carboxylic acids is 4. The third kappa shape index (κ3) is 8.02. The minimum absolute atomic E-state index is 0.0650. The molecule has 0 bridgehead atoms. The molecule has 1 saturated heterocycles. The van der Waals surface area contributed by atoms with E-state index in [2.05, 4.69) is 55.5 Å². The number of amides is 6. The summed E-state index contributed by atoms with van der Waals surface area (Å²) in [6.07, 6.45) is 9.28. The normalized spacial score (nSPS) is 17.9. The van der Waals surface area contributed by atoms with E-state index in [0.29, 0.717) is 18.9 Å². The quantitative estimate of drug-likeness (QED) is 0.116. The van der Waals surface area contributed by atoms with E-state index in [-0.39, 0.29) is 41.8 Å². The van der Waals surface area contributed by atoms with Gasteiger partial charge in [0.2, 0.25) is 11.8 Å². The molecular weight excluding hydrogens is 685 g/mol. The van der Waals surface area contributed by atoms with Gasteiger partial charge in [0.05, 0.1) is 17.4 Å². The van der Waals surface area contributed by atoms with E-state index in [1.54, 1.807) is 4.90 Å². The zero-order valence-corrected chi connectivity index (χ0v) is 31.6. The molecule has 14 heteroatoms. The molecule has 2 aromatic heterocycles. The Balaban J connectivity index is 1.11. The Bertz CT molecular complexity index is 1980. The predicted molar refractivity (Wildman–Crippen MR) is 207 cm³/mol. The molecule has 0 spiro atoms. The van der Waals surface area contributed by atoms with Gasteiger partial charge in [-0.15, -0.1) is 0 Å². The molecule has 1 fully saturated rings. The van der Waals surface area contributed by atoms with E-state index in [4.69, 9.17) is 9.97 Å². The number of hydrogen-bond donors (Lipinski definition) is 6. The molecule has 14 nitrogen and oxygen atoms in total. The molecule has 2 aliphatic rings. The lowest BCUT2D eigenvalue weighted by molar-refractivity contribution is -0.135. The average molecular weight is 735 g/mol. The third-order valence-electron chi connectivity index (χ3n) is 10.2. The Morgan fingerprint density at radius 3 is 1.65 bits per heavy atom. The Hall–Kier alpha value is -5.92. The maximum atomic E-state index is 13.5. The molecule has 54 heavy (non-hydrogen) atoms. The number of hydrogen-bond acceptors (Lipinski definition) is 6. The molecule has 6 N–H and O–H groups in total. The number of nitrogens with one attached hydrogen (secondary N) is 6. The van der Waals surface area contributed by atoms with Crippen LogP contribution < -0.4 is 21.3 Å². The zero-order valence-electron chi connectivity index (χ0n) is 31.6. The Morgan fingerprint density at radius 1 is 0.685 bits per heavy atom. The predicted octanol–water partition coefficient (Wildman–Crippen LogP) is 5.14. The van der Waals surface area contributed by atoms with Gasteiger partial charge in [-0.3, -0.25) is 9.59 Å². The van der Waals surface area contributed by atoms with Gasteiger partial charge in [-0.05, 0) is 35.8 Å². The van der Waals surface area contributed by atoms with Gasteiger partial charge in [0.15, 0.2) is 0 Å². The van der Waals surface area contributed by atoms with Gasteiger partial charge in [0.1, 0.15) is 29.8 Å². The van der Waals surface area contributed by atoms with E-state index < -0.39 is 18.1 Å². The summed E-state index contributed by atoms with van der Waals surface area (Å²) in [6, 6.07) is 13.8. The molecule has 4 aromatic rings. The first-order valence-corrected chi connectivity index (χ1v) is 18.5. The molecule has 6 rings (SSSR count). The second-order valence-corrected chi connectivity index (χ2v) is 14.4. The van der Waals surface area contributed by atoms with Crippen molar-refractivity contribution in [1.82, 2.24) is 51.0 Å². The van der Waals surface area contributed by atoms with Crippen LogP contribution in [-0.2, 0) is 9.59 Å². The van der Waals surface area contributed by atoms with Crippen molar-refractivity contribution >= 4 is 23.9 Å². The van der Waals surface area contributed by atoms with Crippen LogP contribution >= 0.6 is 0 Å². The molecule has 284 valence electrons. The van der Waals surface area contributed by atoms with E-state index in [9.17, 15) is 19.2 Å². The fraction of sp³-hybridized carbons (Fsp3) is 0.400. The number of rotatable bonds is 11. The number of aromatic amines is 2. The average Bonchev–Trinajstić information content (AvgIpc) is 4.02. The number of carbonyl (C=O) groups is 4. The molecule has 0 aliphatic carbocycles. The van der Waals surface area contributed by atoms with Crippen LogP contribution in [0.15, 0.2) is 73.1 Å². The molecule has 4 heterocycles. The van der Waals surface area contributed by atoms with E-state index in [0.717, 1.165) is 52.3 Å². The van der Waals surface area contributed by atoms with Crippen molar-refractivity contribution < 1.29 is 19.2 Å². The Kier molecular flexibility index (Phi) is 11.5. The highest BCUT2D eigenvalue weighted by atomic mass is 16.2. The molecule has 6 amide bonds. The highest BCUT2D eigenvalue weighted by Gasteiger charge is 2.38. The first kappa shape index (κ1) is 37.8. The number of nitrogens with zero attached hydrogens (tertiary/aromatic N) is 4. The largest absolute Gasteiger partial charge is 0.346 e. The summed E-state index contributed by atoms with van der Waals surface area (Å²) in [5, 5.41) is 10.6. The highest BCUT2D eigenvalue weighted by Crippen LogP contribution is 2.34. The molecule has 0 saturated carbocycles. The lowest BCUT2D eigenvalue weighted by atomic mass is 10.0. The summed E-state index contributed by atoms with van der Waals surface area (Å²) >= 11 is 0. The minimum Gasteiger partial charge on any atom is -0.346 e. The summed E-state index contributed by atoms with van der Waals surface area (Å²) in [4.78, 5) is 71.0. The van der Waals surface area contributed by atoms with Crippen molar-refractivity contribution in [2.45, 2.75) is 64.7 Å². The van der Waals surface area contributed by atoms with Crippen molar-refractivity contribution in [2.75, 3.05) is 27.2 Å². The van der Waals surface area contributed by atoms with Crippen LogP contribution in [0.1, 0.15) is 64.3 Å². The summed E-state index contributed by atoms with van der Waals surface area (Å²) in [5.74, 6) is 0.970. The molecule has 2 aliphatic heterocycles. The van der Waals surface area contributed by atoms with Crippen molar-refractivity contribution in [3.05, 3.63) is 84.7 Å². The summed E-state index contributed by atoms with van der Waals surface area (Å²) in [6.45, 7) is 8.72. The maximum Gasteiger partial charge on any atom is 0.315 e. The van der Waals surface area contributed by atoms with Crippen molar-refractivity contribution in [1.29, 1.82) is 0 Å². The van der Waals surface area contributed by atoms with Crippen molar-refractivity contribution in [3.63, 3.8) is 0 Å². The third-order valence-corrected chi connectivity index (χ3v) is 10.2. The van der Waals surface area contributed by atoms with E-state index in [1.165, 1.54) is 14.1 Å². The van der Waals surface area contributed by atoms with Crippen LogP contribution in [-0.4, -0.2) is 92.9 Å². The number of imidazole rings is 2. The van der Waals surface area contributed by atoms with Crippen LogP contribution in [0, 0.1) is 11.8 Å². The van der Waals surface area contributed by atoms with Gasteiger partial charge >= 0.3 is 12.1 Å². The van der Waals surface area contributed by atoms with Crippen molar-refractivity contribution in [3.8, 4) is 33.6 Å². The number of benzene rings is 2. The van der Waals surface area contributed by atoms with Gasteiger partial charge < -0.3 is 41.0 Å². The van der Waals surface area contributed by atoms with Crippen LogP contribution in [0.25, 0.3) is 33.6 Å². The lowest BCUT2D eigenvalue weighted by Crippen LogP contribution is -2.53. The summed E-state index contributed by atoms with van der Waals surface area (Å²) in [5.41, 5.74) is 5.55. The molecular formula is C40H50N10O4. The number of urea groups is 2. The van der Waals surface area contributed by atoms with Gasteiger partial charge in [-0.1, -0.05) is 88.4 Å². The van der Waals surface area contributed by atoms with Crippen LogP contribution in [0.5, 0.6) is 0 Å². The first-order chi connectivity index (χ1) is 26.0. The maximum absolute atomic E-state index is 13.5. The second-order valence-electron chi connectivity index (χ2n) is 14.4. The number of H-pyrrole nitrogens is 2. The van der Waals surface area contributed by atoms with Crippen molar-refractivity contribution in [2.24, 2.45) is 11.8 Å². The fourth-order valence-electron chi connectivity index (χ4n) is 7.07. The van der Waals surface area contributed by atoms with Crippen LogP contribution in [0.4, 0.5) is 9.59 Å². The van der Waals surface area contributed by atoms with Gasteiger partial charge in [0.25, 0.3) is 0 Å². The van der Waals surface area contributed by atoms with Gasteiger partial charge in [-0.25, -0.2) is 19.6 Å². The number of aromatic nitrogens is 4. The minimum atomic E-state index is -0.663. The van der Waals surface area contributed by atoms with Crippen LogP contribution in [0.2, 0.25) is 0 Å². The zero-order chi connectivity index (χ0) is 38.5. The second kappa shape index (κ2) is 16.4. The molecule has 0 radical (unpaired) electrons. The molecule has 1 unspecified atom stereocenters. The molecule has 2 aromatic carbocycles. The summed E-state index contributed by atoms with van der Waals surface area (Å²) in [7, 11) is 3.06. The first-order valence-electron chi connectivity index (χ1n) is 18.5. The molecule has 4 atom stereocenters. The van der Waals surface area contributed by atoms with E-state index >= 15 is 0 Å². The lowest BCUT2D eigenvalue weighted by Gasteiger charge is -2.30. The smallest absolute Gasteiger partial charge is 0.315 e. The summed E-state index contributed by atoms with van der Waals surface area (Å²) < 4.78 is 0. The Morgan fingerprint density at radius 2 is 1.15 bits per heavy atom. The fourth-order valence-corrected chi connectivity index (χ4v) is 7.07.